The normalized spacial score (nSPS) is 17.1. The largest absolute Gasteiger partial charge is 0.480 e. The van der Waals surface area contributed by atoms with Crippen LogP contribution in [-0.4, -0.2) is 30.2 Å². The number of rotatable bonds is 3. The summed E-state index contributed by atoms with van der Waals surface area (Å²) in [4.78, 5) is 13.3. The molecule has 0 saturated carbocycles. The van der Waals surface area contributed by atoms with E-state index < -0.39 is 12.0 Å². The first-order chi connectivity index (χ1) is 8.24. The van der Waals surface area contributed by atoms with Gasteiger partial charge >= 0.3 is 5.97 Å². The minimum absolute atomic E-state index is 0.434. The Bertz CT molecular complexity index is 406. The number of carboxylic acid groups (broad SMARTS) is 1. The molecule has 0 bridgehead atoms. The lowest BCUT2D eigenvalue weighted by atomic mass is 10.1. The van der Waals surface area contributed by atoms with E-state index in [1.54, 1.807) is 0 Å². The lowest BCUT2D eigenvalue weighted by Gasteiger charge is -2.30. The van der Waals surface area contributed by atoms with Crippen molar-refractivity contribution < 1.29 is 9.90 Å². The fourth-order valence-corrected chi connectivity index (χ4v) is 2.34. The summed E-state index contributed by atoms with van der Waals surface area (Å²) in [6.07, 6.45) is 0.615. The Morgan fingerprint density at radius 2 is 2.29 bits per heavy atom. The second-order valence-corrected chi connectivity index (χ2v) is 4.26. The predicted molar refractivity (Wildman–Crippen MR) is 67.2 cm³/mol. The molecule has 1 atom stereocenters. The van der Waals surface area contributed by atoms with Gasteiger partial charge in [-0.3, -0.25) is 0 Å². The number of para-hydroxylation sites is 1. The molecule has 0 amide bonds. The first-order valence-electron chi connectivity index (χ1n) is 6.02. The summed E-state index contributed by atoms with van der Waals surface area (Å²) in [5, 5.41) is 12.6. The Labute approximate surface area is 101 Å². The highest BCUT2D eigenvalue weighted by atomic mass is 16.4. The highest BCUT2D eigenvalue weighted by Crippen LogP contribution is 2.25. The van der Waals surface area contributed by atoms with Crippen molar-refractivity contribution in [3.63, 3.8) is 0 Å². The molecule has 17 heavy (non-hydrogen) atoms. The summed E-state index contributed by atoms with van der Waals surface area (Å²) >= 11 is 0. The molecule has 2 rings (SSSR count). The van der Waals surface area contributed by atoms with E-state index in [0.29, 0.717) is 6.42 Å². The number of aliphatic carboxylic acids is 1. The summed E-state index contributed by atoms with van der Waals surface area (Å²) in [6, 6.07) is 7.58. The highest BCUT2D eigenvalue weighted by molar-refractivity contribution is 5.78. The summed E-state index contributed by atoms with van der Waals surface area (Å²) in [6.45, 7) is 4.28. The molecule has 0 spiro atoms. The standard InChI is InChI=1S/C13H18N2O2/c1-2-11(13(16)17)15-8-7-14-9-10-5-3-4-6-12(10)15/h3-6,11,14H,2,7-9H2,1H3,(H,16,17). The molecule has 4 heteroatoms. The maximum absolute atomic E-state index is 11.3. The third kappa shape index (κ3) is 2.42. The predicted octanol–water partition coefficient (Wildman–Crippen LogP) is 1.46. The molecule has 1 aliphatic heterocycles. The number of fused-ring (bicyclic) bond motifs is 1. The van der Waals surface area contributed by atoms with E-state index in [-0.39, 0.29) is 0 Å². The minimum Gasteiger partial charge on any atom is -0.480 e. The number of nitrogens with zero attached hydrogens (tertiary/aromatic N) is 1. The van der Waals surface area contributed by atoms with E-state index in [2.05, 4.69) is 11.4 Å². The molecule has 1 aliphatic rings. The highest BCUT2D eigenvalue weighted by Gasteiger charge is 2.26. The summed E-state index contributed by atoms with van der Waals surface area (Å²) < 4.78 is 0. The maximum atomic E-state index is 11.3. The van der Waals surface area contributed by atoms with Crippen molar-refractivity contribution in [3.8, 4) is 0 Å². The van der Waals surface area contributed by atoms with Crippen LogP contribution < -0.4 is 10.2 Å². The zero-order valence-corrected chi connectivity index (χ0v) is 10.0. The molecular weight excluding hydrogens is 216 g/mol. The van der Waals surface area contributed by atoms with Crippen molar-refractivity contribution in [1.29, 1.82) is 0 Å². The monoisotopic (exact) mass is 234 g/mol. The minimum atomic E-state index is -0.746. The van der Waals surface area contributed by atoms with Crippen molar-refractivity contribution >= 4 is 11.7 Å². The van der Waals surface area contributed by atoms with E-state index in [9.17, 15) is 9.90 Å². The number of carboxylic acids is 1. The fourth-order valence-electron chi connectivity index (χ4n) is 2.34. The molecule has 1 heterocycles. The number of hydrogen-bond donors (Lipinski definition) is 2. The van der Waals surface area contributed by atoms with Gasteiger partial charge in [0.25, 0.3) is 0 Å². The van der Waals surface area contributed by atoms with Crippen LogP contribution in [0.5, 0.6) is 0 Å². The molecule has 0 saturated heterocycles. The van der Waals surface area contributed by atoms with E-state index in [0.717, 1.165) is 25.3 Å². The summed E-state index contributed by atoms with van der Waals surface area (Å²) in [7, 11) is 0. The molecular formula is C13H18N2O2. The van der Waals surface area contributed by atoms with Crippen LogP contribution in [0.4, 0.5) is 5.69 Å². The number of anilines is 1. The van der Waals surface area contributed by atoms with E-state index in [1.807, 2.05) is 30.0 Å². The van der Waals surface area contributed by atoms with Gasteiger partial charge in [-0.05, 0) is 18.1 Å². The van der Waals surface area contributed by atoms with Crippen LogP contribution in [0.15, 0.2) is 24.3 Å². The zero-order chi connectivity index (χ0) is 12.3. The summed E-state index contributed by atoms with van der Waals surface area (Å²) in [5.74, 6) is -0.746. The van der Waals surface area contributed by atoms with Crippen LogP contribution in [0.2, 0.25) is 0 Å². The van der Waals surface area contributed by atoms with Crippen LogP contribution in [0.25, 0.3) is 0 Å². The quantitative estimate of drug-likeness (QED) is 0.831. The van der Waals surface area contributed by atoms with Crippen molar-refractivity contribution in [2.75, 3.05) is 18.0 Å². The van der Waals surface area contributed by atoms with Crippen molar-refractivity contribution in [2.45, 2.75) is 25.9 Å². The molecule has 2 N–H and O–H groups in total. The molecule has 4 nitrogen and oxygen atoms in total. The van der Waals surface area contributed by atoms with E-state index >= 15 is 0 Å². The van der Waals surface area contributed by atoms with Gasteiger partial charge in [-0.15, -0.1) is 0 Å². The van der Waals surface area contributed by atoms with Gasteiger partial charge in [0.05, 0.1) is 0 Å². The molecule has 0 aromatic heterocycles. The molecule has 92 valence electrons. The van der Waals surface area contributed by atoms with Gasteiger partial charge in [0.1, 0.15) is 6.04 Å². The molecule has 0 aliphatic carbocycles. The number of hydrogen-bond acceptors (Lipinski definition) is 3. The Morgan fingerprint density at radius 1 is 1.53 bits per heavy atom. The van der Waals surface area contributed by atoms with Gasteiger partial charge in [0.2, 0.25) is 0 Å². The molecule has 0 radical (unpaired) electrons. The van der Waals surface area contributed by atoms with Crippen LogP contribution in [0.3, 0.4) is 0 Å². The van der Waals surface area contributed by atoms with Gasteiger partial charge in [-0.1, -0.05) is 25.1 Å². The van der Waals surface area contributed by atoms with Crippen LogP contribution >= 0.6 is 0 Å². The smallest absolute Gasteiger partial charge is 0.326 e. The maximum Gasteiger partial charge on any atom is 0.326 e. The fraction of sp³-hybridized carbons (Fsp3) is 0.462. The van der Waals surface area contributed by atoms with Gasteiger partial charge < -0.3 is 15.3 Å². The first kappa shape index (κ1) is 11.9. The molecule has 1 aromatic rings. The Kier molecular flexibility index (Phi) is 3.64. The third-order valence-electron chi connectivity index (χ3n) is 3.19. The van der Waals surface area contributed by atoms with Crippen LogP contribution in [0, 0.1) is 0 Å². The number of carbonyl (C=O) groups is 1. The van der Waals surface area contributed by atoms with Crippen LogP contribution in [-0.2, 0) is 11.3 Å². The molecule has 1 aromatic carbocycles. The summed E-state index contributed by atoms with van der Waals surface area (Å²) in [5.41, 5.74) is 2.22. The average Bonchev–Trinajstić information content (AvgIpc) is 2.53. The second kappa shape index (κ2) is 5.19. The number of benzene rings is 1. The van der Waals surface area contributed by atoms with E-state index in [1.165, 1.54) is 5.56 Å². The molecule has 0 fully saturated rings. The van der Waals surface area contributed by atoms with Crippen molar-refractivity contribution in [1.82, 2.24) is 5.32 Å². The second-order valence-electron chi connectivity index (χ2n) is 4.26. The van der Waals surface area contributed by atoms with E-state index in [4.69, 9.17) is 0 Å². The lowest BCUT2D eigenvalue weighted by Crippen LogP contribution is -2.43. The Balaban J connectivity index is 2.37. The Morgan fingerprint density at radius 3 is 3.00 bits per heavy atom. The van der Waals surface area contributed by atoms with Crippen molar-refractivity contribution in [2.24, 2.45) is 0 Å². The SMILES string of the molecule is CCC(C(=O)O)N1CCNCc2ccccc21. The van der Waals surface area contributed by atoms with Gasteiger partial charge in [-0.2, -0.15) is 0 Å². The van der Waals surface area contributed by atoms with Crippen molar-refractivity contribution in [3.05, 3.63) is 29.8 Å². The van der Waals surface area contributed by atoms with Gasteiger partial charge in [0.15, 0.2) is 0 Å². The lowest BCUT2D eigenvalue weighted by molar-refractivity contribution is -0.138. The Hall–Kier alpha value is -1.55. The first-order valence-corrected chi connectivity index (χ1v) is 6.02. The van der Waals surface area contributed by atoms with Gasteiger partial charge in [0, 0.05) is 25.3 Å². The topological polar surface area (TPSA) is 52.6 Å². The third-order valence-corrected chi connectivity index (χ3v) is 3.19. The zero-order valence-electron chi connectivity index (χ0n) is 10.0. The number of nitrogens with one attached hydrogen (secondary N) is 1. The van der Waals surface area contributed by atoms with Gasteiger partial charge in [-0.25, -0.2) is 4.79 Å². The van der Waals surface area contributed by atoms with Crippen LogP contribution in [0.1, 0.15) is 18.9 Å². The molecule has 1 unspecified atom stereocenters. The average molecular weight is 234 g/mol.